The average Bonchev–Trinajstić information content (AvgIpc) is 2.91. The van der Waals surface area contributed by atoms with E-state index in [0.29, 0.717) is 22.9 Å². The van der Waals surface area contributed by atoms with Crippen molar-refractivity contribution in [1.82, 2.24) is 0 Å². The zero-order chi connectivity index (χ0) is 24.7. The second kappa shape index (κ2) is 10.6. The minimum absolute atomic E-state index is 0.198. The van der Waals surface area contributed by atoms with Crippen LogP contribution in [0.4, 0.5) is 11.4 Å². The highest BCUT2D eigenvalue weighted by Crippen LogP contribution is 2.27. The van der Waals surface area contributed by atoms with Gasteiger partial charge in [-0.1, -0.05) is 72.8 Å². The fourth-order valence-electron chi connectivity index (χ4n) is 3.90. The van der Waals surface area contributed by atoms with Crippen molar-refractivity contribution in [2.45, 2.75) is 0 Å². The molecule has 0 bridgehead atoms. The Bertz CT molecular complexity index is 1430. The molecule has 0 saturated carbocycles. The van der Waals surface area contributed by atoms with E-state index in [1.54, 1.807) is 24.3 Å². The Labute approximate surface area is 208 Å². The molecule has 6 heteroatoms. The molecule has 0 saturated heterocycles. The van der Waals surface area contributed by atoms with Crippen molar-refractivity contribution in [3.63, 3.8) is 0 Å². The first kappa shape index (κ1) is 22.9. The Balaban J connectivity index is 1.15. The van der Waals surface area contributed by atoms with Gasteiger partial charge in [0.25, 0.3) is 11.8 Å². The molecule has 5 rings (SSSR count). The summed E-state index contributed by atoms with van der Waals surface area (Å²) in [6.45, 7) is -0.396. The van der Waals surface area contributed by atoms with Crippen molar-refractivity contribution in [1.29, 1.82) is 0 Å². The van der Waals surface area contributed by atoms with Crippen LogP contribution in [0.5, 0.6) is 11.5 Å². The van der Waals surface area contributed by atoms with Gasteiger partial charge in [-0.15, -0.1) is 0 Å². The summed E-state index contributed by atoms with van der Waals surface area (Å²) in [6.07, 6.45) is 0. The highest BCUT2D eigenvalue weighted by atomic mass is 16.5. The van der Waals surface area contributed by atoms with Crippen molar-refractivity contribution in [3.8, 4) is 11.5 Å². The summed E-state index contributed by atoms with van der Waals surface area (Å²) >= 11 is 0. The predicted octanol–water partition coefficient (Wildman–Crippen LogP) is 6.03. The zero-order valence-corrected chi connectivity index (χ0v) is 19.4. The Morgan fingerprint density at radius 2 is 0.889 bits per heavy atom. The topological polar surface area (TPSA) is 76.7 Å². The number of hydrogen-bond donors (Lipinski definition) is 2. The molecule has 0 fully saturated rings. The molecule has 178 valence electrons. The van der Waals surface area contributed by atoms with Gasteiger partial charge in [0.05, 0.1) is 0 Å². The van der Waals surface area contributed by atoms with Gasteiger partial charge in [0.2, 0.25) is 0 Å². The van der Waals surface area contributed by atoms with Crippen LogP contribution in [-0.2, 0) is 9.59 Å². The van der Waals surface area contributed by atoms with Crippen LogP contribution in [0.25, 0.3) is 21.5 Å². The fraction of sp³-hybridized carbons (Fsp3) is 0.0667. The van der Waals surface area contributed by atoms with E-state index in [-0.39, 0.29) is 25.0 Å². The first-order valence-electron chi connectivity index (χ1n) is 11.6. The third kappa shape index (κ3) is 5.62. The number of carbonyl (C=O) groups is 2. The van der Waals surface area contributed by atoms with Gasteiger partial charge in [0.15, 0.2) is 24.7 Å². The van der Waals surface area contributed by atoms with Crippen LogP contribution < -0.4 is 20.1 Å². The van der Waals surface area contributed by atoms with Gasteiger partial charge >= 0.3 is 0 Å². The number of amides is 2. The van der Waals surface area contributed by atoms with Crippen LogP contribution in [0.15, 0.2) is 109 Å². The van der Waals surface area contributed by atoms with Gasteiger partial charge in [0, 0.05) is 11.4 Å². The van der Waals surface area contributed by atoms with Gasteiger partial charge in [-0.25, -0.2) is 0 Å². The van der Waals surface area contributed by atoms with Crippen molar-refractivity contribution in [2.24, 2.45) is 0 Å². The molecule has 0 aliphatic heterocycles. The first-order chi connectivity index (χ1) is 17.6. The smallest absolute Gasteiger partial charge is 0.262 e. The Morgan fingerprint density at radius 3 is 1.33 bits per heavy atom. The van der Waals surface area contributed by atoms with Gasteiger partial charge < -0.3 is 20.1 Å². The molecule has 0 aliphatic rings. The summed E-state index contributed by atoms with van der Waals surface area (Å²) in [5.74, 6) is 0.164. The molecule has 0 radical (unpaired) electrons. The van der Waals surface area contributed by atoms with Gasteiger partial charge in [-0.05, 0) is 57.9 Å². The van der Waals surface area contributed by atoms with Crippen LogP contribution >= 0.6 is 0 Å². The number of fused-ring (bicyclic) bond motifs is 2. The lowest BCUT2D eigenvalue weighted by Gasteiger charge is -2.13. The van der Waals surface area contributed by atoms with E-state index in [9.17, 15) is 9.59 Å². The Morgan fingerprint density at radius 1 is 0.500 bits per heavy atom. The molecule has 0 heterocycles. The molecule has 2 amide bonds. The molecule has 5 aromatic rings. The second-order valence-corrected chi connectivity index (χ2v) is 8.24. The summed E-state index contributed by atoms with van der Waals surface area (Å²) in [6, 6.07) is 34.3. The third-order valence-electron chi connectivity index (χ3n) is 5.63. The standard InChI is InChI=1S/C30H24N2O4/c33-29(31-25-15-13-21-7-1-3-9-23(21)17-25)19-35-27-11-5-6-12-28(27)36-20-30(34)32-26-16-14-22-8-2-4-10-24(22)18-26/h1-18H,19-20H2,(H,31,33)(H,32,34). The Hall–Kier alpha value is -4.84. The molecule has 5 aromatic carbocycles. The number of anilines is 2. The van der Waals surface area contributed by atoms with Crippen LogP contribution in [0.3, 0.4) is 0 Å². The maximum absolute atomic E-state index is 12.5. The summed E-state index contributed by atoms with van der Waals surface area (Å²) in [7, 11) is 0. The number of benzene rings is 5. The molecule has 0 aliphatic carbocycles. The maximum Gasteiger partial charge on any atom is 0.262 e. The maximum atomic E-state index is 12.5. The van der Waals surface area contributed by atoms with Gasteiger partial charge in [-0.3, -0.25) is 9.59 Å². The van der Waals surface area contributed by atoms with Crippen molar-refractivity contribution < 1.29 is 19.1 Å². The minimum atomic E-state index is -0.297. The largest absolute Gasteiger partial charge is 0.480 e. The van der Waals surface area contributed by atoms with Crippen LogP contribution in [0, 0.1) is 0 Å². The van der Waals surface area contributed by atoms with Crippen LogP contribution in [0.1, 0.15) is 0 Å². The number of para-hydroxylation sites is 2. The summed E-state index contributed by atoms with van der Waals surface area (Å²) in [5.41, 5.74) is 1.38. The number of carbonyl (C=O) groups excluding carboxylic acids is 2. The van der Waals surface area contributed by atoms with Crippen molar-refractivity contribution in [2.75, 3.05) is 23.8 Å². The Kier molecular flexibility index (Phi) is 6.76. The molecule has 0 aromatic heterocycles. The van der Waals surface area contributed by atoms with Gasteiger partial charge in [-0.2, -0.15) is 0 Å². The highest BCUT2D eigenvalue weighted by Gasteiger charge is 2.11. The molecule has 6 nitrogen and oxygen atoms in total. The van der Waals surface area contributed by atoms with Crippen molar-refractivity contribution >= 4 is 44.7 Å². The quantitative estimate of drug-likeness (QED) is 0.287. The average molecular weight is 477 g/mol. The highest BCUT2D eigenvalue weighted by molar-refractivity contribution is 5.96. The normalized spacial score (nSPS) is 10.7. The molecule has 0 unspecified atom stereocenters. The lowest BCUT2D eigenvalue weighted by Crippen LogP contribution is -2.22. The van der Waals surface area contributed by atoms with E-state index in [4.69, 9.17) is 9.47 Å². The number of rotatable bonds is 8. The minimum Gasteiger partial charge on any atom is -0.480 e. The van der Waals surface area contributed by atoms with E-state index in [0.717, 1.165) is 21.5 Å². The zero-order valence-electron chi connectivity index (χ0n) is 19.4. The summed E-state index contributed by atoms with van der Waals surface area (Å²) in [5, 5.41) is 9.97. The van der Waals surface area contributed by atoms with E-state index in [1.165, 1.54) is 0 Å². The predicted molar refractivity (Wildman–Crippen MR) is 143 cm³/mol. The number of nitrogens with one attached hydrogen (secondary N) is 2. The molecule has 36 heavy (non-hydrogen) atoms. The SMILES string of the molecule is O=C(COc1ccccc1OCC(=O)Nc1ccc2ccccc2c1)Nc1ccc2ccccc2c1. The monoisotopic (exact) mass is 476 g/mol. The van der Waals surface area contributed by atoms with E-state index < -0.39 is 0 Å². The lowest BCUT2D eigenvalue weighted by molar-refractivity contribution is -0.119. The van der Waals surface area contributed by atoms with Gasteiger partial charge in [0.1, 0.15) is 0 Å². The molecular formula is C30H24N2O4. The van der Waals surface area contributed by atoms with Crippen LogP contribution in [0.2, 0.25) is 0 Å². The lowest BCUT2D eigenvalue weighted by atomic mass is 10.1. The second-order valence-electron chi connectivity index (χ2n) is 8.24. The van der Waals surface area contributed by atoms with E-state index >= 15 is 0 Å². The molecule has 2 N–H and O–H groups in total. The number of ether oxygens (including phenoxy) is 2. The molecule has 0 atom stereocenters. The van der Waals surface area contributed by atoms with Crippen molar-refractivity contribution in [3.05, 3.63) is 109 Å². The third-order valence-corrected chi connectivity index (χ3v) is 5.63. The first-order valence-corrected chi connectivity index (χ1v) is 11.6. The fourth-order valence-corrected chi connectivity index (χ4v) is 3.90. The van der Waals surface area contributed by atoms with E-state index in [2.05, 4.69) is 10.6 Å². The molecule has 0 spiro atoms. The molecular weight excluding hydrogens is 452 g/mol. The van der Waals surface area contributed by atoms with E-state index in [1.807, 2.05) is 84.9 Å². The number of hydrogen-bond acceptors (Lipinski definition) is 4. The van der Waals surface area contributed by atoms with Crippen LogP contribution in [-0.4, -0.2) is 25.0 Å². The summed E-state index contributed by atoms with van der Waals surface area (Å²) in [4.78, 5) is 24.9. The summed E-state index contributed by atoms with van der Waals surface area (Å²) < 4.78 is 11.4.